The van der Waals surface area contributed by atoms with Crippen LogP contribution >= 0.6 is 0 Å². The van der Waals surface area contributed by atoms with Crippen molar-refractivity contribution in [2.75, 3.05) is 11.9 Å². The zero-order chi connectivity index (χ0) is 18.7. The Labute approximate surface area is 149 Å². The van der Waals surface area contributed by atoms with E-state index in [4.69, 9.17) is 4.42 Å². The summed E-state index contributed by atoms with van der Waals surface area (Å²) < 4.78 is 5.45. The molecule has 6 heteroatoms. The van der Waals surface area contributed by atoms with Crippen molar-refractivity contribution >= 4 is 28.5 Å². The van der Waals surface area contributed by atoms with Crippen molar-refractivity contribution < 1.29 is 14.0 Å². The maximum Gasteiger partial charge on any atom is 0.287 e. The molecule has 2 N–H and O–H groups in total. The second-order valence-corrected chi connectivity index (χ2v) is 5.95. The highest BCUT2D eigenvalue weighted by Crippen LogP contribution is 2.17. The quantitative estimate of drug-likeness (QED) is 0.757. The zero-order valence-corrected chi connectivity index (χ0v) is 14.5. The van der Waals surface area contributed by atoms with Gasteiger partial charge in [0.2, 0.25) is 5.91 Å². The predicted molar refractivity (Wildman–Crippen MR) is 99.4 cm³/mol. The molecule has 3 rings (SSSR count). The van der Waals surface area contributed by atoms with Gasteiger partial charge in [0, 0.05) is 11.8 Å². The fraction of sp³-hybridized carbons (Fsp3) is 0.150. The number of amides is 2. The first-order chi connectivity index (χ1) is 12.5. The number of rotatable bonds is 4. The Morgan fingerprint density at radius 3 is 2.62 bits per heavy atom. The summed E-state index contributed by atoms with van der Waals surface area (Å²) in [4.78, 5) is 36.3. The highest BCUT2D eigenvalue weighted by molar-refractivity contribution is 5.99. The molecule has 0 saturated carbocycles. The number of carbonyl (C=O) groups is 2. The summed E-state index contributed by atoms with van der Waals surface area (Å²) in [6, 6.07) is 13.4. The Morgan fingerprint density at radius 2 is 1.81 bits per heavy atom. The van der Waals surface area contributed by atoms with E-state index in [1.165, 1.54) is 0 Å². The van der Waals surface area contributed by atoms with E-state index in [9.17, 15) is 14.4 Å². The average molecular weight is 350 g/mol. The number of benzene rings is 2. The molecule has 1 aromatic heterocycles. The van der Waals surface area contributed by atoms with E-state index in [0.29, 0.717) is 16.7 Å². The predicted octanol–water partition coefficient (Wildman–Crippen LogP) is 2.78. The minimum Gasteiger partial charge on any atom is -0.451 e. The topological polar surface area (TPSA) is 88.4 Å². The second-order valence-electron chi connectivity index (χ2n) is 5.95. The standard InChI is InChI=1S/C20H18N2O4/c1-12-6-5-8-15(13(12)2)22-19(24)11-21-20(25)18-10-16(23)14-7-3-4-9-17(14)26-18/h3-10H,11H2,1-2H3,(H,21,25)(H,22,24). The van der Waals surface area contributed by atoms with Gasteiger partial charge in [0.15, 0.2) is 11.2 Å². The van der Waals surface area contributed by atoms with Gasteiger partial charge in [-0.1, -0.05) is 24.3 Å². The van der Waals surface area contributed by atoms with Gasteiger partial charge in [0.25, 0.3) is 5.91 Å². The van der Waals surface area contributed by atoms with E-state index in [2.05, 4.69) is 10.6 Å². The van der Waals surface area contributed by atoms with Crippen LogP contribution < -0.4 is 16.1 Å². The zero-order valence-electron chi connectivity index (χ0n) is 14.5. The minimum absolute atomic E-state index is 0.131. The van der Waals surface area contributed by atoms with E-state index in [0.717, 1.165) is 17.2 Å². The number of nitrogens with one attached hydrogen (secondary N) is 2. The molecule has 0 bridgehead atoms. The van der Waals surface area contributed by atoms with Crippen LogP contribution in [0.15, 0.2) is 57.7 Å². The van der Waals surface area contributed by atoms with Gasteiger partial charge in [-0.25, -0.2) is 0 Å². The molecule has 6 nitrogen and oxygen atoms in total. The number of anilines is 1. The molecule has 26 heavy (non-hydrogen) atoms. The largest absolute Gasteiger partial charge is 0.451 e. The molecule has 0 radical (unpaired) electrons. The van der Waals surface area contributed by atoms with E-state index >= 15 is 0 Å². The number of hydrogen-bond donors (Lipinski definition) is 2. The fourth-order valence-corrected chi connectivity index (χ4v) is 2.54. The fourth-order valence-electron chi connectivity index (χ4n) is 2.54. The highest BCUT2D eigenvalue weighted by atomic mass is 16.3. The monoisotopic (exact) mass is 350 g/mol. The van der Waals surface area contributed by atoms with Gasteiger partial charge in [-0.05, 0) is 43.2 Å². The molecule has 0 atom stereocenters. The number of para-hydroxylation sites is 1. The van der Waals surface area contributed by atoms with Crippen LogP contribution in [0.2, 0.25) is 0 Å². The van der Waals surface area contributed by atoms with E-state index in [1.807, 2.05) is 26.0 Å². The number of carbonyl (C=O) groups excluding carboxylic acids is 2. The summed E-state index contributed by atoms with van der Waals surface area (Å²) in [6.07, 6.45) is 0. The Hall–Kier alpha value is -3.41. The summed E-state index contributed by atoms with van der Waals surface area (Å²) in [7, 11) is 0. The molecule has 0 unspecified atom stereocenters. The van der Waals surface area contributed by atoms with Gasteiger partial charge in [-0.3, -0.25) is 14.4 Å². The van der Waals surface area contributed by atoms with Gasteiger partial charge in [-0.2, -0.15) is 0 Å². The van der Waals surface area contributed by atoms with Crippen molar-refractivity contribution in [3.05, 3.63) is 75.6 Å². The molecule has 3 aromatic rings. The smallest absolute Gasteiger partial charge is 0.287 e. The van der Waals surface area contributed by atoms with Gasteiger partial charge < -0.3 is 15.1 Å². The Kier molecular flexibility index (Phi) is 4.84. The third-order valence-electron chi connectivity index (χ3n) is 4.15. The molecular formula is C20H18N2O4. The SMILES string of the molecule is Cc1cccc(NC(=O)CNC(=O)c2cc(=O)c3ccccc3o2)c1C. The number of fused-ring (bicyclic) bond motifs is 1. The molecule has 0 saturated heterocycles. The first-order valence-electron chi connectivity index (χ1n) is 8.13. The van der Waals surface area contributed by atoms with Crippen LogP contribution in [0.5, 0.6) is 0 Å². The molecule has 0 fully saturated rings. The van der Waals surface area contributed by atoms with Crippen LogP contribution in [0, 0.1) is 13.8 Å². The van der Waals surface area contributed by atoms with Crippen molar-refractivity contribution in [1.29, 1.82) is 0 Å². The molecule has 132 valence electrons. The lowest BCUT2D eigenvalue weighted by Crippen LogP contribution is -2.33. The van der Waals surface area contributed by atoms with Crippen LogP contribution in [0.3, 0.4) is 0 Å². The Morgan fingerprint density at radius 1 is 1.04 bits per heavy atom. The van der Waals surface area contributed by atoms with Crippen molar-refractivity contribution in [3.63, 3.8) is 0 Å². The van der Waals surface area contributed by atoms with Crippen molar-refractivity contribution in [1.82, 2.24) is 5.32 Å². The summed E-state index contributed by atoms with van der Waals surface area (Å²) in [5.41, 5.74) is 2.74. The number of aryl methyl sites for hydroxylation is 1. The molecule has 0 aliphatic carbocycles. The van der Waals surface area contributed by atoms with Crippen LogP contribution in [-0.2, 0) is 4.79 Å². The maximum absolute atomic E-state index is 12.2. The molecule has 0 spiro atoms. The minimum atomic E-state index is -0.621. The van der Waals surface area contributed by atoms with Crippen LogP contribution in [0.25, 0.3) is 11.0 Å². The number of hydrogen-bond acceptors (Lipinski definition) is 4. The van der Waals surface area contributed by atoms with Crippen molar-refractivity contribution in [2.45, 2.75) is 13.8 Å². The van der Waals surface area contributed by atoms with Crippen LogP contribution in [0.1, 0.15) is 21.7 Å². The van der Waals surface area contributed by atoms with Crippen LogP contribution in [-0.4, -0.2) is 18.4 Å². The summed E-state index contributed by atoms with van der Waals surface area (Å²) in [5, 5.41) is 5.61. The third kappa shape index (κ3) is 3.64. The van der Waals surface area contributed by atoms with Gasteiger partial charge >= 0.3 is 0 Å². The summed E-state index contributed by atoms with van der Waals surface area (Å²) in [6.45, 7) is 3.63. The molecule has 1 heterocycles. The Balaban J connectivity index is 1.68. The van der Waals surface area contributed by atoms with E-state index < -0.39 is 5.91 Å². The van der Waals surface area contributed by atoms with Crippen LogP contribution in [0.4, 0.5) is 5.69 Å². The maximum atomic E-state index is 12.2. The molecule has 2 amide bonds. The van der Waals surface area contributed by atoms with Crippen molar-refractivity contribution in [2.24, 2.45) is 0 Å². The molecule has 0 aliphatic heterocycles. The third-order valence-corrected chi connectivity index (χ3v) is 4.15. The lowest BCUT2D eigenvalue weighted by atomic mass is 10.1. The lowest BCUT2D eigenvalue weighted by molar-refractivity contribution is -0.115. The highest BCUT2D eigenvalue weighted by Gasteiger charge is 2.14. The molecular weight excluding hydrogens is 332 g/mol. The van der Waals surface area contributed by atoms with E-state index in [1.54, 1.807) is 30.3 Å². The van der Waals surface area contributed by atoms with Gasteiger partial charge in [0.1, 0.15) is 5.58 Å². The molecule has 2 aromatic carbocycles. The Bertz CT molecular complexity index is 1050. The average Bonchev–Trinajstić information content (AvgIpc) is 2.63. The summed E-state index contributed by atoms with van der Waals surface area (Å²) in [5.74, 6) is -1.12. The van der Waals surface area contributed by atoms with Gasteiger partial charge in [0.05, 0.1) is 11.9 Å². The first-order valence-corrected chi connectivity index (χ1v) is 8.13. The lowest BCUT2D eigenvalue weighted by Gasteiger charge is -2.10. The van der Waals surface area contributed by atoms with E-state index in [-0.39, 0.29) is 23.6 Å². The first kappa shape index (κ1) is 17.4. The van der Waals surface area contributed by atoms with Crippen molar-refractivity contribution in [3.8, 4) is 0 Å². The summed E-state index contributed by atoms with van der Waals surface area (Å²) >= 11 is 0. The van der Waals surface area contributed by atoms with Gasteiger partial charge in [-0.15, -0.1) is 0 Å². The normalized spacial score (nSPS) is 10.5. The molecule has 0 aliphatic rings. The second kappa shape index (κ2) is 7.23.